The molecule has 0 fully saturated rings. The first-order valence-electron chi connectivity index (χ1n) is 18.8. The Morgan fingerprint density at radius 1 is 0.214 bits per heavy atom. The number of fused-ring (bicyclic) bond motifs is 10. The Kier molecular flexibility index (Phi) is 9.02. The molecule has 26 nitrogen and oxygen atoms in total. The summed E-state index contributed by atoms with van der Waals surface area (Å²) in [5.41, 5.74) is -2.09. The first-order valence-corrected chi connectivity index (χ1v) is 18.8. The van der Waals surface area contributed by atoms with Gasteiger partial charge in [-0.3, -0.25) is 0 Å². The van der Waals surface area contributed by atoms with E-state index in [1.54, 1.807) is 0 Å². The molecule has 0 aliphatic heterocycles. The summed E-state index contributed by atoms with van der Waals surface area (Å²) >= 11 is 0. The fourth-order valence-corrected chi connectivity index (χ4v) is 9.23. The molecule has 358 valence electrons. The van der Waals surface area contributed by atoms with Crippen LogP contribution >= 0.6 is 0 Å². The molecular formula is C43H26NO25U-. The van der Waals surface area contributed by atoms with Crippen molar-refractivity contribution in [1.29, 1.82) is 0 Å². The van der Waals surface area contributed by atoms with Crippen LogP contribution in [0.2, 0.25) is 0 Å². The zero-order valence-corrected chi connectivity index (χ0v) is 37.9. The molecule has 10 rings (SSSR count). The molecule has 0 amide bonds. The van der Waals surface area contributed by atoms with Crippen molar-refractivity contribution in [3.05, 3.63) is 0 Å². The van der Waals surface area contributed by atoms with Gasteiger partial charge in [-0.15, -0.1) is 0 Å². The van der Waals surface area contributed by atoms with Gasteiger partial charge in [-0.05, 0) is 5.69 Å². The van der Waals surface area contributed by atoms with E-state index in [1.807, 2.05) is 0 Å². The van der Waals surface area contributed by atoms with Crippen LogP contribution < -0.4 is 5.73 Å². The van der Waals surface area contributed by atoms with Gasteiger partial charge in [-0.25, -0.2) is 0 Å². The summed E-state index contributed by atoms with van der Waals surface area (Å²) in [6, 6.07) is 0. The summed E-state index contributed by atoms with van der Waals surface area (Å²) in [6.45, 7) is 0. The smallest absolute Gasteiger partial charge is 0.205 e. The van der Waals surface area contributed by atoms with Crippen molar-refractivity contribution in [2.24, 2.45) is 0 Å². The van der Waals surface area contributed by atoms with Crippen molar-refractivity contribution >= 4 is 81.5 Å². The third-order valence-corrected chi connectivity index (χ3v) is 12.3. The molecule has 70 heavy (non-hydrogen) atoms. The monoisotopic (exact) mass is 1190 g/mol. The Morgan fingerprint density at radius 3 is 0.929 bits per heavy atom. The second-order valence-electron chi connectivity index (χ2n) is 15.5. The molecule has 1 aromatic heterocycles. The van der Waals surface area contributed by atoms with Gasteiger partial charge < -0.3 is 133 Å². The minimum atomic E-state index is -1.71. The zero-order chi connectivity index (χ0) is 50.5. The summed E-state index contributed by atoms with van der Waals surface area (Å²) < 4.78 is 5.69. The maximum absolute atomic E-state index is 12.2. The summed E-state index contributed by atoms with van der Waals surface area (Å²) in [7, 11) is 0. The molecule has 27 heteroatoms. The fraction of sp³-hybridized carbons (Fsp3) is 0. The zero-order valence-electron chi connectivity index (χ0n) is 33.7. The van der Waals surface area contributed by atoms with Gasteiger partial charge in [0.2, 0.25) is 46.0 Å². The number of phenols is 24. The van der Waals surface area contributed by atoms with Crippen LogP contribution in [0.15, 0.2) is 4.42 Å². The molecule has 9 aromatic carbocycles. The first kappa shape index (κ1) is 45.4. The molecular weight excluding hydrogens is 1170 g/mol. The second kappa shape index (κ2) is 13.9. The summed E-state index contributed by atoms with van der Waals surface area (Å²) in [6.07, 6.45) is 0. The van der Waals surface area contributed by atoms with Gasteiger partial charge in [0.1, 0.15) is 23.0 Å². The third kappa shape index (κ3) is 4.86. The number of hydrogen-bond donors (Lipinski definition) is 25. The van der Waals surface area contributed by atoms with Crippen LogP contribution in [0.1, 0.15) is 0 Å². The van der Waals surface area contributed by atoms with Crippen molar-refractivity contribution in [3.63, 3.8) is 0 Å². The molecule has 0 bridgehead atoms. The maximum Gasteiger partial charge on any atom is 0.205 e. The maximum atomic E-state index is 12.2. The van der Waals surface area contributed by atoms with Crippen molar-refractivity contribution < 1.29 is 158 Å². The van der Waals surface area contributed by atoms with E-state index in [0.717, 1.165) is 0 Å². The van der Waals surface area contributed by atoms with Gasteiger partial charge >= 0.3 is 0 Å². The Labute approximate surface area is 403 Å². The van der Waals surface area contributed by atoms with E-state index in [0.29, 0.717) is 0 Å². The summed E-state index contributed by atoms with van der Waals surface area (Å²) in [4.78, 5) is 0. The Balaban J connectivity index is 0.00000608. The molecule has 0 saturated heterocycles. The van der Waals surface area contributed by atoms with Gasteiger partial charge in [0.15, 0.2) is 74.4 Å². The number of benzene rings is 8. The largest absolute Gasteiger partial charge is 0.538 e. The number of nitrogens with two attached hydrogens (primary N) is 1. The van der Waals surface area contributed by atoms with E-state index < -0.39 is 242 Å². The van der Waals surface area contributed by atoms with E-state index in [9.17, 15) is 123 Å². The van der Waals surface area contributed by atoms with E-state index >= 15 is 0 Å². The normalized spacial score (nSPS) is 11.9. The van der Waals surface area contributed by atoms with Crippen LogP contribution in [0.4, 0.5) is 5.69 Å². The number of aromatic hydroxyl groups is 24. The van der Waals surface area contributed by atoms with E-state index in [-0.39, 0.29) is 31.1 Å². The number of nitrogen functional groups attached to an aromatic ring is 1. The summed E-state index contributed by atoms with van der Waals surface area (Å²) in [5, 5.41) is 257. The molecule has 0 saturated carbocycles. The van der Waals surface area contributed by atoms with Crippen LogP contribution in [0, 0.1) is 31.1 Å². The molecule has 0 atom stereocenters. The van der Waals surface area contributed by atoms with Crippen LogP contribution in [0.5, 0.6) is 138 Å². The molecule has 0 aliphatic rings. The molecule has 0 unspecified atom stereocenters. The van der Waals surface area contributed by atoms with Gasteiger partial charge in [0.05, 0.1) is 27.5 Å². The van der Waals surface area contributed by atoms with E-state index in [4.69, 9.17) is 10.2 Å². The SMILES string of the molecule is N[c-]1c2c(O)c(O)c(O)c(O)c2c2c(O)c(-c3c4c(O)c(O)c(O)c(O)c4c(-c4c(O)c(O)c(O)c5oc6c7c(O)c(O)c(O)c(O)c7c(O)c(O)c6c45)c4c(O)c(O)c(O)c(O)c34)c(O)c(O)c21.[U]. The van der Waals surface area contributed by atoms with Gasteiger partial charge in [0, 0.05) is 74.7 Å². The molecule has 10 aromatic rings. The van der Waals surface area contributed by atoms with Crippen molar-refractivity contribution in [3.8, 4) is 160 Å². The first-order chi connectivity index (χ1) is 32.3. The average Bonchev–Trinajstić information content (AvgIpc) is 3.87. The van der Waals surface area contributed by atoms with Crippen molar-refractivity contribution in [2.45, 2.75) is 0 Å². The van der Waals surface area contributed by atoms with Crippen LogP contribution in [-0.4, -0.2) is 123 Å². The van der Waals surface area contributed by atoms with Crippen LogP contribution in [0.25, 0.3) is 98.1 Å². The predicted molar refractivity (Wildman–Crippen MR) is 232 cm³/mol. The number of hydrogen-bond acceptors (Lipinski definition) is 26. The predicted octanol–water partition coefficient (Wildman–Crippen LogP) is 4.92. The Morgan fingerprint density at radius 2 is 0.486 bits per heavy atom. The van der Waals surface area contributed by atoms with Gasteiger partial charge in [-0.1, -0.05) is 21.5 Å². The fourth-order valence-electron chi connectivity index (χ4n) is 9.23. The molecule has 0 radical (unpaired) electrons. The van der Waals surface area contributed by atoms with Crippen LogP contribution in [-0.2, 0) is 0 Å². The van der Waals surface area contributed by atoms with Gasteiger partial charge in [-0.2, -0.15) is 0 Å². The Hall–Kier alpha value is -9.74. The van der Waals surface area contributed by atoms with Crippen molar-refractivity contribution in [1.82, 2.24) is 0 Å². The minimum absolute atomic E-state index is 0. The van der Waals surface area contributed by atoms with E-state index in [2.05, 4.69) is 0 Å². The topological polar surface area (TPSA) is 525 Å². The third-order valence-electron chi connectivity index (χ3n) is 12.3. The average molecular weight is 1190 g/mol. The number of rotatable bonds is 2. The Bertz CT molecular complexity index is 4110. The van der Waals surface area contributed by atoms with Gasteiger partial charge in [0.25, 0.3) is 0 Å². The van der Waals surface area contributed by atoms with Crippen LogP contribution in [0.3, 0.4) is 0 Å². The molecule has 26 N–H and O–H groups in total. The molecule has 1 heterocycles. The quantitative estimate of drug-likeness (QED) is 0.0472. The summed E-state index contributed by atoms with van der Waals surface area (Å²) in [5.74, 6) is -37.1. The standard InChI is InChI=1S/C43H26NO25.U/c44-17-11-8(9-12(17)26(53)37(64)36(63)24(9)51)18(45)13(27(54)25(11)52)2-5-3(19(46)32(59)34(61)21(5)48)1(4-6(2)22(49)35(62)33(60)20(4)47)7-10-15-30(57)28(55)14-16(31(58)39(66)38(65)29(14)56)42(15)69-43(10)41(68)40(67)23(7)50;/h45-68H,44H2;/q-1;. The molecule has 0 aliphatic carbocycles. The van der Waals surface area contributed by atoms with E-state index in [1.165, 1.54) is 0 Å². The number of furan rings is 1. The second-order valence-corrected chi connectivity index (χ2v) is 15.5. The number of anilines is 1. The van der Waals surface area contributed by atoms with Crippen molar-refractivity contribution in [2.75, 3.05) is 5.73 Å². The molecule has 0 spiro atoms. The minimum Gasteiger partial charge on any atom is -0.538 e. The number of phenolic OH excluding ortho intramolecular Hbond substituents is 24.